The summed E-state index contributed by atoms with van der Waals surface area (Å²) in [6, 6.07) is 9.75. The summed E-state index contributed by atoms with van der Waals surface area (Å²) in [6.07, 6.45) is 3.44. The molecule has 1 atom stereocenters. The molecule has 0 aliphatic heterocycles. The summed E-state index contributed by atoms with van der Waals surface area (Å²) in [5.74, 6) is 0.974. The van der Waals surface area contributed by atoms with Gasteiger partial charge in [-0.1, -0.05) is 36.8 Å². The Labute approximate surface area is 162 Å². The van der Waals surface area contributed by atoms with Crippen LogP contribution in [0.2, 0.25) is 0 Å². The number of hydrogen-bond donors (Lipinski definition) is 4. The van der Waals surface area contributed by atoms with Gasteiger partial charge in [0, 0.05) is 25.6 Å². The van der Waals surface area contributed by atoms with Crippen molar-refractivity contribution in [3.63, 3.8) is 0 Å². The van der Waals surface area contributed by atoms with Gasteiger partial charge in [0.15, 0.2) is 5.96 Å². The van der Waals surface area contributed by atoms with E-state index in [-0.39, 0.29) is 24.8 Å². The van der Waals surface area contributed by atoms with Gasteiger partial charge in [-0.2, -0.15) is 0 Å². The molecule has 0 saturated heterocycles. The van der Waals surface area contributed by atoms with E-state index in [0.29, 0.717) is 31.5 Å². The Morgan fingerprint density at radius 1 is 1.26 bits per heavy atom. The maximum absolute atomic E-state index is 12.1. The van der Waals surface area contributed by atoms with E-state index >= 15 is 0 Å². The molecule has 0 aromatic heterocycles. The molecule has 0 bridgehead atoms. The Bertz CT molecular complexity index is 675. The molecule has 1 aliphatic carbocycles. The average molecular weight is 397 g/mol. The van der Waals surface area contributed by atoms with Gasteiger partial charge in [0.25, 0.3) is 0 Å². The number of nitrogens with zero attached hydrogens (tertiary/aromatic N) is 1. The Kier molecular flexibility index (Phi) is 9.03. The van der Waals surface area contributed by atoms with E-state index in [0.717, 1.165) is 18.4 Å². The minimum Gasteiger partial charge on any atom is -0.396 e. The predicted octanol–water partition coefficient (Wildman–Crippen LogP) is 1.04. The zero-order valence-corrected chi connectivity index (χ0v) is 16.8. The lowest BCUT2D eigenvalue weighted by Crippen LogP contribution is -2.42. The van der Waals surface area contributed by atoms with Gasteiger partial charge in [0.1, 0.15) is 0 Å². The first-order valence-corrected chi connectivity index (χ1v) is 11.3. The van der Waals surface area contributed by atoms with Crippen LogP contribution in [0.4, 0.5) is 0 Å². The number of aliphatic hydroxyl groups excluding tert-OH is 1. The van der Waals surface area contributed by atoms with Crippen LogP contribution in [-0.2, 0) is 10.0 Å². The van der Waals surface area contributed by atoms with Crippen LogP contribution in [0, 0.1) is 5.92 Å². The predicted molar refractivity (Wildman–Crippen MR) is 109 cm³/mol. The minimum absolute atomic E-state index is 0.00620. The van der Waals surface area contributed by atoms with Crippen molar-refractivity contribution in [3.8, 4) is 0 Å². The molecule has 1 fully saturated rings. The molecule has 1 aromatic carbocycles. The van der Waals surface area contributed by atoms with Gasteiger partial charge < -0.3 is 15.7 Å². The third-order valence-electron chi connectivity index (χ3n) is 4.79. The summed E-state index contributed by atoms with van der Waals surface area (Å²) < 4.78 is 26.8. The van der Waals surface area contributed by atoms with Crippen LogP contribution < -0.4 is 15.4 Å². The van der Waals surface area contributed by atoms with Gasteiger partial charge in [-0.05, 0) is 31.2 Å². The number of rotatable bonds is 11. The molecule has 0 spiro atoms. The highest BCUT2D eigenvalue weighted by Crippen LogP contribution is 2.25. The van der Waals surface area contributed by atoms with E-state index in [1.807, 2.05) is 37.3 Å². The van der Waals surface area contributed by atoms with E-state index in [2.05, 4.69) is 20.3 Å². The normalized spacial score (nSPS) is 16.6. The molecule has 8 heteroatoms. The maximum Gasteiger partial charge on any atom is 0.213 e. The van der Waals surface area contributed by atoms with Crippen molar-refractivity contribution < 1.29 is 13.5 Å². The van der Waals surface area contributed by atoms with Crippen molar-refractivity contribution in [1.29, 1.82) is 0 Å². The molecular weight excluding hydrogens is 364 g/mol. The molecule has 0 amide bonds. The first-order chi connectivity index (χ1) is 13.0. The summed E-state index contributed by atoms with van der Waals surface area (Å²) >= 11 is 0. The van der Waals surface area contributed by atoms with Gasteiger partial charge in [-0.3, -0.25) is 4.99 Å². The van der Waals surface area contributed by atoms with E-state index in [1.54, 1.807) is 0 Å². The Hall–Kier alpha value is -1.64. The molecule has 1 aromatic rings. The molecule has 0 heterocycles. The number of hydrogen-bond acceptors (Lipinski definition) is 4. The minimum atomic E-state index is -3.28. The summed E-state index contributed by atoms with van der Waals surface area (Å²) in [6.45, 7) is 3.88. The van der Waals surface area contributed by atoms with E-state index in [1.165, 1.54) is 6.42 Å². The van der Waals surface area contributed by atoms with E-state index in [4.69, 9.17) is 0 Å². The quantitative estimate of drug-likeness (QED) is 0.331. The Balaban J connectivity index is 1.81. The molecule has 2 rings (SSSR count). The van der Waals surface area contributed by atoms with Gasteiger partial charge in [-0.25, -0.2) is 13.1 Å². The SMILES string of the molecule is CCNC(=NCC(CO)c1ccccc1)NCCS(=O)(=O)NCC1CCC1. The zero-order chi connectivity index (χ0) is 19.5. The highest BCUT2D eigenvalue weighted by Gasteiger charge is 2.20. The molecule has 152 valence electrons. The lowest BCUT2D eigenvalue weighted by atomic mass is 9.86. The van der Waals surface area contributed by atoms with Crippen LogP contribution in [0.25, 0.3) is 0 Å². The number of aliphatic imine (C=N–C) groups is 1. The lowest BCUT2D eigenvalue weighted by Gasteiger charge is -2.25. The number of sulfonamides is 1. The summed E-state index contributed by atoms with van der Waals surface area (Å²) in [7, 11) is -3.28. The van der Waals surface area contributed by atoms with E-state index in [9.17, 15) is 13.5 Å². The fourth-order valence-electron chi connectivity index (χ4n) is 2.85. The third-order valence-corrected chi connectivity index (χ3v) is 6.13. The second-order valence-electron chi connectivity index (χ2n) is 6.90. The largest absolute Gasteiger partial charge is 0.396 e. The van der Waals surface area contributed by atoms with Crippen molar-refractivity contribution in [3.05, 3.63) is 35.9 Å². The molecular formula is C19H32N4O3S. The molecule has 1 saturated carbocycles. The molecule has 1 unspecified atom stereocenters. The van der Waals surface area contributed by atoms with Crippen LogP contribution in [0.15, 0.2) is 35.3 Å². The number of guanidine groups is 1. The van der Waals surface area contributed by atoms with E-state index < -0.39 is 10.0 Å². The standard InChI is InChI=1S/C19H32N4O3S/c1-2-20-19(22-14-18(15-24)17-9-4-3-5-10-17)21-11-12-27(25,26)23-13-16-7-6-8-16/h3-5,9-10,16,18,23-24H,2,6-8,11-15H2,1H3,(H2,20,21,22). The van der Waals surface area contributed by atoms with Crippen LogP contribution in [-0.4, -0.2) is 58.0 Å². The van der Waals surface area contributed by atoms with Crippen LogP contribution in [0.3, 0.4) is 0 Å². The molecule has 7 nitrogen and oxygen atoms in total. The first kappa shape index (κ1) is 21.7. The van der Waals surface area contributed by atoms with Gasteiger partial charge in [0.05, 0.1) is 18.9 Å². The van der Waals surface area contributed by atoms with Crippen LogP contribution in [0.5, 0.6) is 0 Å². The van der Waals surface area contributed by atoms with Crippen molar-refractivity contribution >= 4 is 16.0 Å². The zero-order valence-electron chi connectivity index (χ0n) is 16.0. The van der Waals surface area contributed by atoms with Crippen LogP contribution >= 0.6 is 0 Å². The van der Waals surface area contributed by atoms with Gasteiger partial charge in [0.2, 0.25) is 10.0 Å². The first-order valence-electron chi connectivity index (χ1n) is 9.69. The van der Waals surface area contributed by atoms with Gasteiger partial charge in [-0.15, -0.1) is 0 Å². The maximum atomic E-state index is 12.1. The summed E-state index contributed by atoms with van der Waals surface area (Å²) in [4.78, 5) is 4.50. The van der Waals surface area contributed by atoms with Crippen molar-refractivity contribution in [1.82, 2.24) is 15.4 Å². The molecule has 1 aliphatic rings. The highest BCUT2D eigenvalue weighted by molar-refractivity contribution is 7.89. The van der Waals surface area contributed by atoms with Crippen molar-refractivity contribution in [2.24, 2.45) is 10.9 Å². The molecule has 27 heavy (non-hydrogen) atoms. The average Bonchev–Trinajstić information content (AvgIpc) is 2.61. The second-order valence-corrected chi connectivity index (χ2v) is 8.83. The Morgan fingerprint density at radius 2 is 2.00 bits per heavy atom. The fourth-order valence-corrected chi connectivity index (χ4v) is 3.86. The smallest absolute Gasteiger partial charge is 0.213 e. The number of nitrogens with one attached hydrogen (secondary N) is 3. The molecule has 0 radical (unpaired) electrons. The summed E-state index contributed by atoms with van der Waals surface area (Å²) in [5.41, 5.74) is 1.03. The summed E-state index contributed by atoms with van der Waals surface area (Å²) in [5, 5.41) is 15.8. The van der Waals surface area contributed by atoms with Crippen molar-refractivity contribution in [2.45, 2.75) is 32.1 Å². The monoisotopic (exact) mass is 396 g/mol. The number of benzene rings is 1. The van der Waals surface area contributed by atoms with Crippen molar-refractivity contribution in [2.75, 3.05) is 38.5 Å². The second kappa shape index (κ2) is 11.3. The molecule has 4 N–H and O–H groups in total. The number of aliphatic hydroxyl groups is 1. The third kappa shape index (κ3) is 7.86. The fraction of sp³-hybridized carbons (Fsp3) is 0.632. The topological polar surface area (TPSA) is 103 Å². The van der Waals surface area contributed by atoms with Gasteiger partial charge >= 0.3 is 0 Å². The highest BCUT2D eigenvalue weighted by atomic mass is 32.2. The van der Waals surface area contributed by atoms with Crippen LogP contribution in [0.1, 0.15) is 37.7 Å². The Morgan fingerprint density at radius 3 is 2.59 bits per heavy atom. The lowest BCUT2D eigenvalue weighted by molar-refractivity contribution is 0.268.